The molecule has 1 aliphatic rings. The molecule has 0 aliphatic carbocycles. The molecule has 1 atom stereocenters. The number of sulfonamides is 1. The van der Waals surface area contributed by atoms with Crippen LogP contribution in [0.3, 0.4) is 0 Å². The molecule has 1 saturated heterocycles. The third-order valence-electron chi connectivity index (χ3n) is 4.19. The van der Waals surface area contributed by atoms with E-state index >= 15 is 0 Å². The number of carbonyl (C=O) groups excluding carboxylic acids is 1. The molecule has 0 radical (unpaired) electrons. The molecule has 0 spiro atoms. The van der Waals surface area contributed by atoms with E-state index in [-0.39, 0.29) is 11.9 Å². The van der Waals surface area contributed by atoms with Crippen LogP contribution in [0.25, 0.3) is 0 Å². The van der Waals surface area contributed by atoms with Gasteiger partial charge in [-0.3, -0.25) is 9.69 Å². The fourth-order valence-corrected chi connectivity index (χ4v) is 4.15. The van der Waals surface area contributed by atoms with Gasteiger partial charge in [0.25, 0.3) is 0 Å². The highest BCUT2D eigenvalue weighted by Gasteiger charge is 2.23. The van der Waals surface area contributed by atoms with Gasteiger partial charge in [-0.15, -0.1) is 0 Å². The first-order valence-corrected chi connectivity index (χ1v) is 10.1. The first-order valence-electron chi connectivity index (χ1n) is 8.27. The number of hydrogen-bond donors (Lipinski definition) is 1. The molecule has 0 bridgehead atoms. The molecule has 136 valence electrons. The van der Waals surface area contributed by atoms with Crippen LogP contribution >= 0.6 is 0 Å². The predicted octanol–water partition coefficient (Wildman–Crippen LogP) is -0.201. The van der Waals surface area contributed by atoms with E-state index in [9.17, 15) is 13.2 Å². The SMILES string of the molecule is CC(C)N(CCCNC(=O)CN1CCN(C)C[C@H]1C)S(C)(=O)=O. The Balaban J connectivity index is 2.29. The Morgan fingerprint density at radius 3 is 2.52 bits per heavy atom. The summed E-state index contributed by atoms with van der Waals surface area (Å²) in [6.45, 7) is 10.1. The Morgan fingerprint density at radius 1 is 1.35 bits per heavy atom. The molecule has 7 nitrogen and oxygen atoms in total. The maximum atomic E-state index is 12.0. The average Bonchev–Trinajstić information content (AvgIpc) is 2.39. The highest BCUT2D eigenvalue weighted by atomic mass is 32.2. The number of rotatable bonds is 8. The largest absolute Gasteiger partial charge is 0.355 e. The van der Waals surface area contributed by atoms with E-state index < -0.39 is 10.0 Å². The van der Waals surface area contributed by atoms with Crippen molar-refractivity contribution >= 4 is 15.9 Å². The predicted molar refractivity (Wildman–Crippen MR) is 92.8 cm³/mol. The summed E-state index contributed by atoms with van der Waals surface area (Å²) in [6, 6.07) is 0.313. The van der Waals surface area contributed by atoms with Gasteiger partial charge < -0.3 is 10.2 Å². The number of hydrogen-bond acceptors (Lipinski definition) is 5. The number of carbonyl (C=O) groups is 1. The molecular weight excluding hydrogens is 316 g/mol. The Hall–Kier alpha value is -0.700. The summed E-state index contributed by atoms with van der Waals surface area (Å²) in [5.74, 6) is 0.0110. The highest BCUT2D eigenvalue weighted by Crippen LogP contribution is 2.07. The zero-order valence-corrected chi connectivity index (χ0v) is 15.9. The minimum Gasteiger partial charge on any atom is -0.355 e. The average molecular weight is 349 g/mol. The number of nitrogens with zero attached hydrogens (tertiary/aromatic N) is 3. The van der Waals surface area contributed by atoms with Gasteiger partial charge in [-0.2, -0.15) is 4.31 Å². The van der Waals surface area contributed by atoms with Gasteiger partial charge in [0.2, 0.25) is 15.9 Å². The van der Waals surface area contributed by atoms with Crippen LogP contribution in [0.15, 0.2) is 0 Å². The monoisotopic (exact) mass is 348 g/mol. The van der Waals surface area contributed by atoms with Crippen LogP contribution in [-0.2, 0) is 14.8 Å². The fraction of sp³-hybridized carbons (Fsp3) is 0.933. The number of amides is 1. The van der Waals surface area contributed by atoms with Crippen LogP contribution in [0.4, 0.5) is 0 Å². The van der Waals surface area contributed by atoms with E-state index in [0.717, 1.165) is 19.6 Å². The lowest BCUT2D eigenvalue weighted by molar-refractivity contribution is -0.123. The standard InChI is InChI=1S/C15H32N4O3S/c1-13(2)19(23(5,21)22)8-6-7-16-15(20)12-18-10-9-17(4)11-14(18)3/h13-14H,6-12H2,1-5H3,(H,16,20)/t14-/m1/s1. The molecule has 0 saturated carbocycles. The van der Waals surface area contributed by atoms with Gasteiger partial charge in [0.05, 0.1) is 12.8 Å². The second-order valence-corrected chi connectivity index (χ2v) is 8.69. The van der Waals surface area contributed by atoms with Gasteiger partial charge in [0, 0.05) is 44.8 Å². The molecule has 1 heterocycles. The van der Waals surface area contributed by atoms with Gasteiger partial charge in [0.1, 0.15) is 0 Å². The zero-order valence-electron chi connectivity index (χ0n) is 15.1. The van der Waals surface area contributed by atoms with E-state index in [0.29, 0.717) is 32.1 Å². The molecule has 0 unspecified atom stereocenters. The Morgan fingerprint density at radius 2 is 2.00 bits per heavy atom. The van der Waals surface area contributed by atoms with E-state index in [1.165, 1.54) is 10.6 Å². The molecule has 1 fully saturated rings. The van der Waals surface area contributed by atoms with Gasteiger partial charge in [0.15, 0.2) is 0 Å². The van der Waals surface area contributed by atoms with Gasteiger partial charge in [-0.1, -0.05) is 0 Å². The maximum absolute atomic E-state index is 12.0. The van der Waals surface area contributed by atoms with E-state index in [2.05, 4.69) is 29.1 Å². The normalized spacial score (nSPS) is 21.1. The van der Waals surface area contributed by atoms with Crippen LogP contribution in [0.1, 0.15) is 27.2 Å². The van der Waals surface area contributed by atoms with Crippen molar-refractivity contribution in [2.45, 2.75) is 39.3 Å². The molecular formula is C15H32N4O3S. The zero-order chi connectivity index (χ0) is 17.6. The van der Waals surface area contributed by atoms with E-state index in [1.54, 1.807) is 0 Å². The van der Waals surface area contributed by atoms with Crippen LogP contribution in [0.2, 0.25) is 0 Å². The van der Waals surface area contributed by atoms with Gasteiger partial charge >= 0.3 is 0 Å². The summed E-state index contributed by atoms with van der Waals surface area (Å²) in [5, 5.41) is 2.89. The van der Waals surface area contributed by atoms with Crippen molar-refractivity contribution in [2.24, 2.45) is 0 Å². The summed E-state index contributed by atoms with van der Waals surface area (Å²) < 4.78 is 24.8. The fourth-order valence-electron chi connectivity index (χ4n) is 2.92. The lowest BCUT2D eigenvalue weighted by atomic mass is 10.2. The van der Waals surface area contributed by atoms with Crippen LogP contribution in [-0.4, -0.2) is 93.1 Å². The second kappa shape index (κ2) is 8.96. The molecule has 0 aromatic rings. The quantitative estimate of drug-likeness (QED) is 0.615. The summed E-state index contributed by atoms with van der Waals surface area (Å²) in [4.78, 5) is 16.5. The molecule has 8 heteroatoms. The Labute approximate surface area is 141 Å². The van der Waals surface area contributed by atoms with E-state index in [1.807, 2.05) is 13.8 Å². The van der Waals surface area contributed by atoms with Crippen molar-refractivity contribution < 1.29 is 13.2 Å². The van der Waals surface area contributed by atoms with Crippen LogP contribution in [0.5, 0.6) is 0 Å². The lowest BCUT2D eigenvalue weighted by Crippen LogP contribution is -2.53. The van der Waals surface area contributed by atoms with Crippen molar-refractivity contribution in [2.75, 3.05) is 52.6 Å². The minimum absolute atomic E-state index is 0.0110. The smallest absolute Gasteiger partial charge is 0.234 e. The maximum Gasteiger partial charge on any atom is 0.234 e. The number of likely N-dealkylation sites (N-methyl/N-ethyl adjacent to an activating group) is 1. The number of nitrogens with one attached hydrogen (secondary N) is 1. The lowest BCUT2D eigenvalue weighted by Gasteiger charge is -2.37. The van der Waals surface area contributed by atoms with Crippen molar-refractivity contribution in [1.29, 1.82) is 0 Å². The molecule has 1 aliphatic heterocycles. The molecule has 0 aromatic heterocycles. The topological polar surface area (TPSA) is 73.0 Å². The van der Waals surface area contributed by atoms with Crippen LogP contribution in [0, 0.1) is 0 Å². The van der Waals surface area contributed by atoms with Crippen LogP contribution < -0.4 is 5.32 Å². The highest BCUT2D eigenvalue weighted by molar-refractivity contribution is 7.88. The summed E-state index contributed by atoms with van der Waals surface area (Å²) in [5.41, 5.74) is 0. The summed E-state index contributed by atoms with van der Waals surface area (Å²) in [6.07, 6.45) is 1.84. The second-order valence-electron chi connectivity index (χ2n) is 6.75. The van der Waals surface area contributed by atoms with Gasteiger partial charge in [-0.05, 0) is 34.2 Å². The third-order valence-corrected chi connectivity index (χ3v) is 5.65. The van der Waals surface area contributed by atoms with Crippen molar-refractivity contribution in [3.8, 4) is 0 Å². The summed E-state index contributed by atoms with van der Waals surface area (Å²) >= 11 is 0. The molecule has 1 amide bonds. The summed E-state index contributed by atoms with van der Waals surface area (Å²) in [7, 11) is -1.10. The van der Waals surface area contributed by atoms with Crippen molar-refractivity contribution in [3.05, 3.63) is 0 Å². The Bertz CT molecular complexity index is 481. The Kier molecular flexibility index (Phi) is 7.93. The molecule has 23 heavy (non-hydrogen) atoms. The number of piperazine rings is 1. The first kappa shape index (κ1) is 20.3. The van der Waals surface area contributed by atoms with Gasteiger partial charge in [-0.25, -0.2) is 8.42 Å². The minimum atomic E-state index is -3.19. The van der Waals surface area contributed by atoms with Crippen molar-refractivity contribution in [1.82, 2.24) is 19.4 Å². The molecule has 1 N–H and O–H groups in total. The molecule has 1 rings (SSSR count). The van der Waals surface area contributed by atoms with Crippen molar-refractivity contribution in [3.63, 3.8) is 0 Å². The first-order chi connectivity index (χ1) is 10.6. The van der Waals surface area contributed by atoms with E-state index in [4.69, 9.17) is 0 Å². The third kappa shape index (κ3) is 7.15. The molecule has 0 aromatic carbocycles.